The van der Waals surface area contributed by atoms with Crippen molar-refractivity contribution in [2.45, 2.75) is 0 Å². The maximum Gasteiger partial charge on any atom is 0.335 e. The number of tetrazole rings is 1. The van der Waals surface area contributed by atoms with E-state index in [1.54, 1.807) is 12.1 Å². The van der Waals surface area contributed by atoms with E-state index in [0.717, 1.165) is 5.39 Å². The molecule has 20 heavy (non-hydrogen) atoms. The van der Waals surface area contributed by atoms with Crippen molar-refractivity contribution < 1.29 is 14.6 Å². The molecule has 0 unspecified atom stereocenters. The maximum atomic E-state index is 11.3. The topological polar surface area (TPSA) is 101 Å². The molecule has 100 valence electrons. The zero-order chi connectivity index (χ0) is 14.1. The van der Waals surface area contributed by atoms with Crippen LogP contribution < -0.4 is 4.74 Å². The number of H-pyrrole nitrogens is 1. The lowest BCUT2D eigenvalue weighted by Gasteiger charge is -2.09. The molecule has 0 atom stereocenters. The van der Waals surface area contributed by atoms with Crippen LogP contribution in [-0.4, -0.2) is 38.8 Å². The minimum Gasteiger partial charge on any atom is -0.496 e. The van der Waals surface area contributed by atoms with Gasteiger partial charge in [0.05, 0.1) is 12.7 Å². The largest absolute Gasteiger partial charge is 0.496 e. The number of hydrogen-bond donors (Lipinski definition) is 2. The summed E-state index contributed by atoms with van der Waals surface area (Å²) in [5, 5.41) is 24.3. The van der Waals surface area contributed by atoms with E-state index in [1.807, 2.05) is 12.1 Å². The molecule has 0 spiro atoms. The SMILES string of the molecule is COc1cccc2c(-c3nnn[nH]3)cc(C(=O)O)cc12. The molecule has 0 amide bonds. The van der Waals surface area contributed by atoms with Crippen molar-refractivity contribution in [2.24, 2.45) is 0 Å². The van der Waals surface area contributed by atoms with Gasteiger partial charge in [0, 0.05) is 10.9 Å². The Kier molecular flexibility index (Phi) is 2.79. The number of benzene rings is 2. The first-order valence-electron chi connectivity index (χ1n) is 5.79. The fraction of sp³-hybridized carbons (Fsp3) is 0.0769. The van der Waals surface area contributed by atoms with E-state index in [1.165, 1.54) is 13.2 Å². The number of nitrogens with one attached hydrogen (secondary N) is 1. The van der Waals surface area contributed by atoms with Crippen LogP contribution in [0.15, 0.2) is 30.3 Å². The third-order valence-corrected chi connectivity index (χ3v) is 3.02. The number of aromatic amines is 1. The predicted octanol–water partition coefficient (Wildman–Crippen LogP) is 1.73. The molecule has 0 saturated heterocycles. The van der Waals surface area contributed by atoms with Gasteiger partial charge < -0.3 is 9.84 Å². The van der Waals surface area contributed by atoms with Gasteiger partial charge in [0.15, 0.2) is 5.82 Å². The highest BCUT2D eigenvalue weighted by Crippen LogP contribution is 2.33. The van der Waals surface area contributed by atoms with Crippen LogP contribution in [0.1, 0.15) is 10.4 Å². The number of carboxylic acids is 1. The second kappa shape index (κ2) is 4.61. The molecule has 7 heteroatoms. The zero-order valence-electron chi connectivity index (χ0n) is 10.5. The van der Waals surface area contributed by atoms with Gasteiger partial charge in [-0.2, -0.15) is 0 Å². The van der Waals surface area contributed by atoms with E-state index >= 15 is 0 Å². The van der Waals surface area contributed by atoms with Crippen LogP contribution >= 0.6 is 0 Å². The lowest BCUT2D eigenvalue weighted by atomic mass is 9.99. The van der Waals surface area contributed by atoms with E-state index in [4.69, 9.17) is 4.74 Å². The number of carbonyl (C=O) groups is 1. The first kappa shape index (κ1) is 12.1. The van der Waals surface area contributed by atoms with Crippen LogP contribution in [0, 0.1) is 0 Å². The Morgan fingerprint density at radius 1 is 1.30 bits per heavy atom. The quantitative estimate of drug-likeness (QED) is 0.751. The van der Waals surface area contributed by atoms with Crippen LogP contribution in [-0.2, 0) is 0 Å². The van der Waals surface area contributed by atoms with E-state index < -0.39 is 5.97 Å². The normalized spacial score (nSPS) is 10.7. The summed E-state index contributed by atoms with van der Waals surface area (Å²) in [7, 11) is 1.54. The van der Waals surface area contributed by atoms with Crippen LogP contribution in [0.2, 0.25) is 0 Å². The highest BCUT2D eigenvalue weighted by Gasteiger charge is 2.15. The van der Waals surface area contributed by atoms with E-state index in [0.29, 0.717) is 22.5 Å². The summed E-state index contributed by atoms with van der Waals surface area (Å²) >= 11 is 0. The Morgan fingerprint density at radius 2 is 2.15 bits per heavy atom. The number of aromatic nitrogens is 4. The molecule has 7 nitrogen and oxygen atoms in total. The van der Waals surface area contributed by atoms with E-state index in [9.17, 15) is 9.90 Å². The number of rotatable bonds is 3. The van der Waals surface area contributed by atoms with Gasteiger partial charge in [-0.05, 0) is 34.0 Å². The predicted molar refractivity (Wildman–Crippen MR) is 70.6 cm³/mol. The van der Waals surface area contributed by atoms with Crippen LogP contribution in [0.5, 0.6) is 5.75 Å². The standard InChI is InChI=1S/C13H10N4O3/c1-20-11-4-2-3-8-9(11)5-7(13(18)19)6-10(8)12-14-16-17-15-12/h2-6H,1H3,(H,18,19)(H,14,15,16,17). The first-order chi connectivity index (χ1) is 9.70. The minimum absolute atomic E-state index is 0.147. The lowest BCUT2D eigenvalue weighted by molar-refractivity contribution is 0.0697. The second-order valence-corrected chi connectivity index (χ2v) is 4.13. The fourth-order valence-corrected chi connectivity index (χ4v) is 2.13. The van der Waals surface area contributed by atoms with Crippen molar-refractivity contribution in [3.63, 3.8) is 0 Å². The number of fused-ring (bicyclic) bond motifs is 1. The number of carboxylic acid groups (broad SMARTS) is 1. The Balaban J connectivity index is 2.40. The summed E-state index contributed by atoms with van der Waals surface area (Å²) in [5.74, 6) is -0.0165. The van der Waals surface area contributed by atoms with Gasteiger partial charge in [-0.1, -0.05) is 12.1 Å². The number of methoxy groups -OCH3 is 1. The molecule has 0 fully saturated rings. The monoisotopic (exact) mass is 270 g/mol. The Hall–Kier alpha value is -2.96. The van der Waals surface area contributed by atoms with Crippen molar-refractivity contribution in [1.29, 1.82) is 0 Å². The third kappa shape index (κ3) is 1.85. The zero-order valence-corrected chi connectivity index (χ0v) is 10.5. The molecule has 0 radical (unpaired) electrons. The minimum atomic E-state index is -1.02. The summed E-state index contributed by atoms with van der Waals surface area (Å²) < 4.78 is 5.28. The van der Waals surface area contributed by atoms with Crippen LogP contribution in [0.4, 0.5) is 0 Å². The molecular formula is C13H10N4O3. The van der Waals surface area contributed by atoms with E-state index in [-0.39, 0.29) is 5.56 Å². The number of nitrogens with zero attached hydrogens (tertiary/aromatic N) is 3. The summed E-state index contributed by atoms with van der Waals surface area (Å²) in [6, 6.07) is 8.57. The van der Waals surface area contributed by atoms with Crippen LogP contribution in [0.25, 0.3) is 22.2 Å². The summed E-state index contributed by atoms with van der Waals surface area (Å²) in [6.07, 6.45) is 0. The van der Waals surface area contributed by atoms with Gasteiger partial charge in [-0.15, -0.1) is 5.10 Å². The fourth-order valence-electron chi connectivity index (χ4n) is 2.13. The lowest BCUT2D eigenvalue weighted by Crippen LogP contribution is -1.98. The number of hydrogen-bond acceptors (Lipinski definition) is 5. The second-order valence-electron chi connectivity index (χ2n) is 4.13. The highest BCUT2D eigenvalue weighted by molar-refractivity contribution is 6.04. The van der Waals surface area contributed by atoms with E-state index in [2.05, 4.69) is 20.6 Å². The highest BCUT2D eigenvalue weighted by atomic mass is 16.5. The van der Waals surface area contributed by atoms with Gasteiger partial charge >= 0.3 is 5.97 Å². The molecule has 3 rings (SSSR count). The molecular weight excluding hydrogens is 260 g/mol. The van der Waals surface area contributed by atoms with Gasteiger partial charge in [0.1, 0.15) is 5.75 Å². The van der Waals surface area contributed by atoms with Gasteiger partial charge in [-0.25, -0.2) is 9.89 Å². The van der Waals surface area contributed by atoms with Crippen molar-refractivity contribution in [3.8, 4) is 17.1 Å². The average Bonchev–Trinajstić information content (AvgIpc) is 2.99. The number of aromatic carboxylic acids is 1. The molecule has 2 N–H and O–H groups in total. The maximum absolute atomic E-state index is 11.3. The first-order valence-corrected chi connectivity index (χ1v) is 5.79. The van der Waals surface area contributed by atoms with Crippen LogP contribution in [0.3, 0.4) is 0 Å². The molecule has 0 saturated carbocycles. The molecule has 0 bridgehead atoms. The number of ether oxygens (including phenoxy) is 1. The van der Waals surface area contributed by atoms with Gasteiger partial charge in [0.25, 0.3) is 0 Å². The molecule has 0 aliphatic rings. The summed E-state index contributed by atoms with van der Waals surface area (Å²) in [6.45, 7) is 0. The molecule has 0 aliphatic heterocycles. The third-order valence-electron chi connectivity index (χ3n) is 3.02. The molecule has 1 heterocycles. The molecule has 2 aromatic carbocycles. The Morgan fingerprint density at radius 3 is 2.80 bits per heavy atom. The van der Waals surface area contributed by atoms with Crippen molar-refractivity contribution >= 4 is 16.7 Å². The Bertz CT molecular complexity index is 784. The summed E-state index contributed by atoms with van der Waals surface area (Å²) in [5.41, 5.74) is 0.761. The van der Waals surface area contributed by atoms with Gasteiger partial charge in [0.2, 0.25) is 0 Å². The van der Waals surface area contributed by atoms with Crippen molar-refractivity contribution in [3.05, 3.63) is 35.9 Å². The smallest absolute Gasteiger partial charge is 0.335 e. The Labute approximate surface area is 113 Å². The molecule has 0 aliphatic carbocycles. The summed E-state index contributed by atoms with van der Waals surface area (Å²) in [4.78, 5) is 11.3. The molecule has 3 aromatic rings. The van der Waals surface area contributed by atoms with Crippen molar-refractivity contribution in [2.75, 3.05) is 7.11 Å². The van der Waals surface area contributed by atoms with Crippen molar-refractivity contribution in [1.82, 2.24) is 20.6 Å². The van der Waals surface area contributed by atoms with Gasteiger partial charge in [-0.3, -0.25) is 0 Å². The molecule has 1 aromatic heterocycles. The average molecular weight is 270 g/mol.